The highest BCUT2D eigenvalue weighted by atomic mass is 32.2. The van der Waals surface area contributed by atoms with E-state index in [0.717, 1.165) is 6.26 Å². The number of fused-ring (bicyclic) bond motifs is 3. The quantitative estimate of drug-likeness (QED) is 0.489. The predicted octanol–water partition coefficient (Wildman–Crippen LogP) is 0.799. The number of thioether (sulfide) groups is 1. The molecule has 0 saturated carbocycles. The Hall–Kier alpha value is -2.58. The molecule has 2 saturated heterocycles. The number of aliphatic hydroxyl groups excluding tert-OH is 1. The van der Waals surface area contributed by atoms with Crippen LogP contribution in [-0.2, 0) is 19.0 Å². The fraction of sp³-hybridized carbons (Fsp3) is 0.368. The number of hydrogen-bond acceptors (Lipinski definition) is 10. The van der Waals surface area contributed by atoms with Crippen molar-refractivity contribution >= 4 is 44.8 Å². The Morgan fingerprint density at radius 1 is 1.34 bits per heavy atom. The lowest BCUT2D eigenvalue weighted by Gasteiger charge is -2.30. The molecular weight excluding hydrogens is 458 g/mol. The normalized spacial score (nSPS) is 27.1. The van der Waals surface area contributed by atoms with Crippen LogP contribution in [0.4, 0.5) is 5.82 Å². The number of aromatic nitrogens is 4. The summed E-state index contributed by atoms with van der Waals surface area (Å²) in [4.78, 5) is 25.3. The predicted molar refractivity (Wildman–Crippen MR) is 116 cm³/mol. The molecule has 4 atom stereocenters. The number of nitrogens with zero attached hydrogens (tertiary/aromatic N) is 4. The van der Waals surface area contributed by atoms with Crippen molar-refractivity contribution in [1.82, 2.24) is 19.5 Å². The zero-order valence-corrected chi connectivity index (χ0v) is 18.4. The van der Waals surface area contributed by atoms with Crippen molar-refractivity contribution in [2.45, 2.75) is 23.2 Å². The van der Waals surface area contributed by atoms with E-state index in [0.29, 0.717) is 22.5 Å². The molecule has 2 fully saturated rings. The third-order valence-corrected chi connectivity index (χ3v) is 7.50. The number of nitrogens with one attached hydrogen (secondary N) is 1. The van der Waals surface area contributed by atoms with Crippen LogP contribution in [0.2, 0.25) is 0 Å². The first-order valence-corrected chi connectivity index (χ1v) is 12.5. The monoisotopic (exact) mass is 477 g/mol. The lowest BCUT2D eigenvalue weighted by molar-refractivity contribution is -0.106. The molecule has 1 aromatic carbocycles. The van der Waals surface area contributed by atoms with Crippen LogP contribution < -0.4 is 5.32 Å². The minimum atomic E-state index is -3.69. The average Bonchev–Trinajstić information content (AvgIpc) is 3.42. The van der Waals surface area contributed by atoms with E-state index in [1.54, 1.807) is 28.8 Å². The minimum Gasteiger partial charge on any atom is -0.389 e. The molecule has 2 aromatic heterocycles. The highest BCUT2D eigenvalue weighted by molar-refractivity contribution is 8.00. The maximum Gasteiger partial charge on any atom is 0.264 e. The molecule has 2 aliphatic rings. The first-order chi connectivity index (χ1) is 15.3. The Labute approximate surface area is 187 Å². The van der Waals surface area contributed by atoms with E-state index in [1.807, 2.05) is 6.07 Å². The van der Waals surface area contributed by atoms with Gasteiger partial charge in [-0.2, -0.15) is 8.42 Å². The number of carbonyl (C=O) groups is 1. The Kier molecular flexibility index (Phi) is 5.17. The molecule has 1 amide bonds. The van der Waals surface area contributed by atoms with Crippen LogP contribution in [0.15, 0.2) is 43.0 Å². The van der Waals surface area contributed by atoms with Crippen LogP contribution in [0.5, 0.6) is 0 Å². The first kappa shape index (κ1) is 21.3. The van der Waals surface area contributed by atoms with Crippen molar-refractivity contribution in [3.63, 3.8) is 0 Å². The summed E-state index contributed by atoms with van der Waals surface area (Å²) < 4.78 is 35.6. The third-order valence-electron chi connectivity index (χ3n) is 5.42. The van der Waals surface area contributed by atoms with Crippen LogP contribution in [-0.4, -0.2) is 74.5 Å². The van der Waals surface area contributed by atoms with Gasteiger partial charge in [0.05, 0.1) is 24.4 Å². The molecule has 0 unspecified atom stereocenters. The third kappa shape index (κ3) is 3.65. The Balaban J connectivity index is 1.43. The molecule has 2 aliphatic heterocycles. The van der Waals surface area contributed by atoms with Gasteiger partial charge >= 0.3 is 0 Å². The SMILES string of the molecule is CS(=O)(=O)OC[C@@]12CS[C@@H]([C@H](n3cnc4c(NC(=O)c5ccccc5)ncnc43)O1)[C@H]2O. The molecule has 5 rings (SSSR count). The molecule has 4 heterocycles. The second kappa shape index (κ2) is 7.78. The number of aliphatic hydroxyl groups is 1. The zero-order valence-electron chi connectivity index (χ0n) is 16.8. The molecule has 11 nitrogen and oxygen atoms in total. The summed E-state index contributed by atoms with van der Waals surface area (Å²) >= 11 is 1.47. The number of imidazole rings is 1. The molecule has 3 aromatic rings. The molecule has 0 radical (unpaired) electrons. The van der Waals surface area contributed by atoms with E-state index >= 15 is 0 Å². The van der Waals surface area contributed by atoms with Gasteiger partial charge in [-0.15, -0.1) is 11.8 Å². The Morgan fingerprint density at radius 2 is 2.12 bits per heavy atom. The average molecular weight is 478 g/mol. The topological polar surface area (TPSA) is 146 Å². The van der Waals surface area contributed by atoms with Gasteiger partial charge in [0.2, 0.25) is 0 Å². The van der Waals surface area contributed by atoms with E-state index in [-0.39, 0.29) is 23.6 Å². The van der Waals surface area contributed by atoms with Crippen LogP contribution >= 0.6 is 11.8 Å². The van der Waals surface area contributed by atoms with Crippen molar-refractivity contribution in [3.8, 4) is 0 Å². The molecule has 2 bridgehead atoms. The highest BCUT2D eigenvalue weighted by Crippen LogP contribution is 2.52. The van der Waals surface area contributed by atoms with E-state index in [9.17, 15) is 18.3 Å². The fourth-order valence-corrected chi connectivity index (χ4v) is 5.84. The second-order valence-electron chi connectivity index (χ2n) is 7.63. The number of hydrogen-bond donors (Lipinski definition) is 2. The summed E-state index contributed by atoms with van der Waals surface area (Å²) in [6, 6.07) is 8.71. The fourth-order valence-electron chi connectivity index (χ4n) is 3.84. The highest BCUT2D eigenvalue weighted by Gasteiger charge is 2.61. The standard InChI is InChI=1S/C19H19N5O6S2/c1-32(27,28)29-7-19-8-31-13(14(19)25)18(30-19)24-10-22-12-15(20-9-21-16(12)24)23-17(26)11-5-3-2-4-6-11/h2-6,9-10,13-14,18,25H,7-8H2,1H3,(H,20,21,23,26)/t13-,14-,18-,19+/m1/s1. The summed E-state index contributed by atoms with van der Waals surface area (Å²) in [5.74, 6) is 0.304. The zero-order chi connectivity index (χ0) is 22.5. The van der Waals surface area contributed by atoms with Gasteiger partial charge in [-0.05, 0) is 12.1 Å². The maximum atomic E-state index is 12.5. The van der Waals surface area contributed by atoms with E-state index < -0.39 is 28.1 Å². The summed E-state index contributed by atoms with van der Waals surface area (Å²) in [7, 11) is -3.69. The van der Waals surface area contributed by atoms with Crippen LogP contribution in [0.3, 0.4) is 0 Å². The van der Waals surface area contributed by atoms with Gasteiger partial charge in [-0.25, -0.2) is 15.0 Å². The summed E-state index contributed by atoms with van der Waals surface area (Å²) in [6.07, 6.45) is 2.18. The lowest BCUT2D eigenvalue weighted by Crippen LogP contribution is -2.45. The van der Waals surface area contributed by atoms with Crippen molar-refractivity contribution in [3.05, 3.63) is 48.5 Å². The molecule has 13 heteroatoms. The van der Waals surface area contributed by atoms with Gasteiger partial charge in [0.1, 0.15) is 18.0 Å². The summed E-state index contributed by atoms with van der Waals surface area (Å²) in [5.41, 5.74) is 0.0938. The molecule has 32 heavy (non-hydrogen) atoms. The molecule has 0 spiro atoms. The van der Waals surface area contributed by atoms with Gasteiger partial charge in [0.25, 0.3) is 16.0 Å². The van der Waals surface area contributed by atoms with Crippen molar-refractivity contribution in [2.75, 3.05) is 23.9 Å². The molecular formula is C19H19N5O6S2. The van der Waals surface area contributed by atoms with Gasteiger partial charge in [0, 0.05) is 11.3 Å². The van der Waals surface area contributed by atoms with Crippen LogP contribution in [0.1, 0.15) is 16.6 Å². The minimum absolute atomic E-state index is 0.245. The Morgan fingerprint density at radius 3 is 2.88 bits per heavy atom. The molecule has 0 aliphatic carbocycles. The second-order valence-corrected chi connectivity index (χ2v) is 10.4. The van der Waals surface area contributed by atoms with Gasteiger partial charge in [0.15, 0.2) is 23.2 Å². The molecule has 2 N–H and O–H groups in total. The number of carbonyl (C=O) groups excluding carboxylic acids is 1. The number of rotatable bonds is 6. The maximum absolute atomic E-state index is 12.5. The van der Waals surface area contributed by atoms with E-state index in [1.165, 1.54) is 24.4 Å². The number of benzene rings is 1. The number of ether oxygens (including phenoxy) is 1. The summed E-state index contributed by atoms with van der Waals surface area (Å²) in [6.45, 7) is -0.285. The van der Waals surface area contributed by atoms with Crippen molar-refractivity contribution < 1.29 is 27.2 Å². The molecule has 168 valence electrons. The van der Waals surface area contributed by atoms with Gasteiger partial charge in [-0.3, -0.25) is 13.5 Å². The van der Waals surface area contributed by atoms with E-state index in [4.69, 9.17) is 8.92 Å². The van der Waals surface area contributed by atoms with Gasteiger partial charge in [-0.1, -0.05) is 18.2 Å². The van der Waals surface area contributed by atoms with Crippen molar-refractivity contribution in [2.24, 2.45) is 0 Å². The first-order valence-electron chi connectivity index (χ1n) is 9.63. The van der Waals surface area contributed by atoms with E-state index in [2.05, 4.69) is 20.3 Å². The largest absolute Gasteiger partial charge is 0.389 e. The number of anilines is 1. The van der Waals surface area contributed by atoms with Crippen molar-refractivity contribution in [1.29, 1.82) is 0 Å². The van der Waals surface area contributed by atoms with Crippen LogP contribution in [0, 0.1) is 0 Å². The Bertz CT molecular complexity index is 1280. The van der Waals surface area contributed by atoms with Crippen LogP contribution in [0.25, 0.3) is 11.2 Å². The summed E-state index contributed by atoms with van der Waals surface area (Å²) in [5, 5.41) is 13.1. The number of amides is 1. The lowest BCUT2D eigenvalue weighted by atomic mass is 10.0. The van der Waals surface area contributed by atoms with Gasteiger partial charge < -0.3 is 15.2 Å². The smallest absolute Gasteiger partial charge is 0.264 e.